The maximum absolute atomic E-state index is 14.9. The fourth-order valence-corrected chi connectivity index (χ4v) is 3.09. The predicted molar refractivity (Wildman–Crippen MR) is 88.4 cm³/mol. The Morgan fingerprint density at radius 1 is 1.00 bits per heavy atom. The van der Waals surface area contributed by atoms with E-state index in [0.717, 1.165) is 11.8 Å². The Morgan fingerprint density at radius 2 is 1.64 bits per heavy atom. The van der Waals surface area contributed by atoms with Crippen molar-refractivity contribution in [2.24, 2.45) is 0 Å². The number of benzene rings is 2. The molecule has 0 N–H and O–H groups in total. The minimum absolute atomic E-state index is 0.202. The molecule has 0 aromatic heterocycles. The molecule has 2 aromatic rings. The summed E-state index contributed by atoms with van der Waals surface area (Å²) in [5.41, 5.74) is 2.20. The Balaban J connectivity index is 2.73. The van der Waals surface area contributed by atoms with Crippen molar-refractivity contribution >= 4 is 9.84 Å². The van der Waals surface area contributed by atoms with Gasteiger partial charge in [0.25, 0.3) is 0 Å². The molecule has 0 amide bonds. The summed E-state index contributed by atoms with van der Waals surface area (Å²) < 4.78 is 38.4. The van der Waals surface area contributed by atoms with Crippen LogP contribution in [-0.4, -0.2) is 14.7 Å². The first-order chi connectivity index (χ1) is 10.0. The maximum Gasteiger partial charge on any atom is 0.175 e. The van der Waals surface area contributed by atoms with Crippen LogP contribution in [0, 0.1) is 12.7 Å². The molecule has 22 heavy (non-hydrogen) atoms. The largest absolute Gasteiger partial charge is 0.224 e. The van der Waals surface area contributed by atoms with Crippen molar-refractivity contribution in [3.63, 3.8) is 0 Å². The molecule has 0 aliphatic heterocycles. The van der Waals surface area contributed by atoms with Crippen molar-refractivity contribution < 1.29 is 12.8 Å². The molecule has 0 bridgehead atoms. The summed E-state index contributed by atoms with van der Waals surface area (Å²) in [5.74, 6) is -0.288. The first-order valence-electron chi connectivity index (χ1n) is 7.12. The first kappa shape index (κ1) is 16.7. The Kier molecular flexibility index (Phi) is 4.18. The van der Waals surface area contributed by atoms with Crippen LogP contribution in [0.1, 0.15) is 31.9 Å². The van der Waals surface area contributed by atoms with Gasteiger partial charge in [0, 0.05) is 11.8 Å². The van der Waals surface area contributed by atoms with Crippen molar-refractivity contribution in [1.82, 2.24) is 0 Å². The van der Waals surface area contributed by atoms with Crippen molar-refractivity contribution in [2.75, 3.05) is 6.26 Å². The topological polar surface area (TPSA) is 34.1 Å². The molecule has 0 radical (unpaired) electrons. The maximum atomic E-state index is 14.9. The van der Waals surface area contributed by atoms with E-state index in [1.165, 1.54) is 0 Å². The zero-order chi connectivity index (χ0) is 16.7. The highest BCUT2D eigenvalue weighted by Crippen LogP contribution is 2.34. The number of halogens is 1. The van der Waals surface area contributed by atoms with E-state index in [1.807, 2.05) is 33.8 Å². The molecule has 2 aromatic carbocycles. The van der Waals surface area contributed by atoms with Crippen LogP contribution in [0.25, 0.3) is 11.1 Å². The van der Waals surface area contributed by atoms with Crippen LogP contribution >= 0.6 is 0 Å². The number of aryl methyl sites for hydroxylation is 1. The van der Waals surface area contributed by atoms with Crippen molar-refractivity contribution in [2.45, 2.75) is 38.0 Å². The Hall–Kier alpha value is -1.68. The molecule has 0 spiro atoms. The molecule has 0 saturated carbocycles. The van der Waals surface area contributed by atoms with E-state index in [0.29, 0.717) is 16.7 Å². The van der Waals surface area contributed by atoms with E-state index in [4.69, 9.17) is 0 Å². The highest BCUT2D eigenvalue weighted by Gasteiger charge is 2.22. The third-order valence-electron chi connectivity index (χ3n) is 3.73. The summed E-state index contributed by atoms with van der Waals surface area (Å²) in [4.78, 5) is 0.202. The zero-order valence-electron chi connectivity index (χ0n) is 13.6. The average molecular weight is 320 g/mol. The molecule has 0 unspecified atom stereocenters. The van der Waals surface area contributed by atoms with Gasteiger partial charge in [-0.05, 0) is 41.2 Å². The standard InChI is InChI=1S/C18H21FO2S/c1-12-9-10-13(22(5,20)21)11-15(12)14-7-6-8-16(17(14)19)18(2,3)4/h6-11H,1-5H3. The summed E-state index contributed by atoms with van der Waals surface area (Å²) >= 11 is 0. The lowest BCUT2D eigenvalue weighted by molar-refractivity contribution is 0.525. The molecule has 0 fully saturated rings. The summed E-state index contributed by atoms with van der Waals surface area (Å²) in [5, 5.41) is 0. The minimum atomic E-state index is -3.32. The number of rotatable bonds is 2. The molecule has 2 nitrogen and oxygen atoms in total. The lowest BCUT2D eigenvalue weighted by Gasteiger charge is -2.21. The Morgan fingerprint density at radius 3 is 2.18 bits per heavy atom. The van der Waals surface area contributed by atoms with Crippen LogP contribution in [0.5, 0.6) is 0 Å². The molecular formula is C18H21FO2S. The highest BCUT2D eigenvalue weighted by molar-refractivity contribution is 7.90. The van der Waals surface area contributed by atoms with E-state index in [1.54, 1.807) is 30.3 Å². The fourth-order valence-electron chi connectivity index (χ4n) is 2.44. The third kappa shape index (κ3) is 3.22. The number of sulfone groups is 1. The van der Waals surface area contributed by atoms with Gasteiger partial charge in [-0.3, -0.25) is 0 Å². The zero-order valence-corrected chi connectivity index (χ0v) is 14.4. The first-order valence-corrected chi connectivity index (χ1v) is 9.01. The second-order valence-corrected chi connectivity index (χ2v) is 8.68. The van der Waals surface area contributed by atoms with Gasteiger partial charge < -0.3 is 0 Å². The summed E-state index contributed by atoms with van der Waals surface area (Å²) in [6.45, 7) is 7.71. The van der Waals surface area contributed by atoms with Gasteiger partial charge in [0.05, 0.1) is 4.90 Å². The molecular weight excluding hydrogens is 299 g/mol. The van der Waals surface area contributed by atoms with Gasteiger partial charge in [0.2, 0.25) is 0 Å². The van der Waals surface area contributed by atoms with Gasteiger partial charge in [0.15, 0.2) is 9.84 Å². The monoisotopic (exact) mass is 320 g/mol. The molecule has 118 valence electrons. The normalized spacial score (nSPS) is 12.5. The van der Waals surface area contributed by atoms with E-state index in [9.17, 15) is 12.8 Å². The van der Waals surface area contributed by atoms with Crippen molar-refractivity contribution in [1.29, 1.82) is 0 Å². The molecule has 2 rings (SSSR count). The lowest BCUT2D eigenvalue weighted by atomic mass is 9.84. The molecule has 0 atom stereocenters. The van der Waals surface area contributed by atoms with Gasteiger partial charge >= 0.3 is 0 Å². The second-order valence-electron chi connectivity index (χ2n) is 6.67. The fraction of sp³-hybridized carbons (Fsp3) is 0.333. The van der Waals surface area contributed by atoms with E-state index in [-0.39, 0.29) is 16.1 Å². The van der Waals surface area contributed by atoms with E-state index < -0.39 is 9.84 Å². The van der Waals surface area contributed by atoms with Crippen LogP contribution < -0.4 is 0 Å². The van der Waals surface area contributed by atoms with Gasteiger partial charge in [-0.2, -0.15) is 0 Å². The lowest BCUT2D eigenvalue weighted by Crippen LogP contribution is -2.14. The van der Waals surface area contributed by atoms with Crippen LogP contribution in [-0.2, 0) is 15.3 Å². The van der Waals surface area contributed by atoms with Gasteiger partial charge in [-0.25, -0.2) is 12.8 Å². The van der Waals surface area contributed by atoms with Crippen molar-refractivity contribution in [3.8, 4) is 11.1 Å². The smallest absolute Gasteiger partial charge is 0.175 e. The predicted octanol–water partition coefficient (Wildman–Crippen LogP) is 4.50. The van der Waals surface area contributed by atoms with Crippen molar-refractivity contribution in [3.05, 3.63) is 53.3 Å². The molecule has 0 aliphatic rings. The van der Waals surface area contributed by atoms with Crippen LogP contribution in [0.3, 0.4) is 0 Å². The third-order valence-corrected chi connectivity index (χ3v) is 4.84. The summed E-state index contributed by atoms with van der Waals surface area (Å²) in [7, 11) is -3.32. The van der Waals surface area contributed by atoms with Gasteiger partial charge in [-0.15, -0.1) is 0 Å². The van der Waals surface area contributed by atoms with E-state index in [2.05, 4.69) is 0 Å². The SMILES string of the molecule is Cc1ccc(S(C)(=O)=O)cc1-c1cccc(C(C)(C)C)c1F. The molecule has 0 heterocycles. The van der Waals surface area contributed by atoms with E-state index >= 15 is 0 Å². The number of hydrogen-bond donors (Lipinski definition) is 0. The molecule has 0 aliphatic carbocycles. The van der Waals surface area contributed by atoms with Crippen LogP contribution in [0.2, 0.25) is 0 Å². The molecule has 4 heteroatoms. The summed E-state index contributed by atoms with van der Waals surface area (Å²) in [6, 6.07) is 10.1. The summed E-state index contributed by atoms with van der Waals surface area (Å²) in [6.07, 6.45) is 1.16. The Bertz CT molecular complexity index is 815. The second kappa shape index (κ2) is 5.51. The van der Waals surface area contributed by atoms with Crippen LogP contribution in [0.15, 0.2) is 41.3 Å². The minimum Gasteiger partial charge on any atom is -0.224 e. The quantitative estimate of drug-likeness (QED) is 0.816. The van der Waals surface area contributed by atoms with Crippen LogP contribution in [0.4, 0.5) is 4.39 Å². The van der Waals surface area contributed by atoms with Gasteiger partial charge in [0.1, 0.15) is 5.82 Å². The number of hydrogen-bond acceptors (Lipinski definition) is 2. The van der Waals surface area contributed by atoms with Gasteiger partial charge in [-0.1, -0.05) is 45.0 Å². The molecule has 0 saturated heterocycles. The highest BCUT2D eigenvalue weighted by atomic mass is 32.2. The average Bonchev–Trinajstić information content (AvgIpc) is 2.37. The Labute approximate surface area is 131 Å².